The summed E-state index contributed by atoms with van der Waals surface area (Å²) in [4.78, 5) is 13.6. The van der Waals surface area contributed by atoms with Crippen LogP contribution in [0, 0.1) is 5.92 Å². The number of rotatable bonds is 8. The summed E-state index contributed by atoms with van der Waals surface area (Å²) in [6.45, 7) is 1.53. The summed E-state index contributed by atoms with van der Waals surface area (Å²) >= 11 is 11.6. The molecule has 0 heterocycles. The van der Waals surface area contributed by atoms with E-state index in [2.05, 4.69) is 15.4 Å². The molecule has 1 N–H and O–H groups in total. The molecule has 114 valence electrons. The van der Waals surface area contributed by atoms with E-state index in [0.717, 1.165) is 37.2 Å². The number of hydrazone groups is 1. The zero-order chi connectivity index (χ0) is 15.1. The molecule has 1 fully saturated rings. The Hall–Kier alpha value is -1.26. The second-order valence-electron chi connectivity index (χ2n) is 4.97. The Bertz CT molecular complexity index is 480. The van der Waals surface area contributed by atoms with Crippen LogP contribution in [0.1, 0.15) is 18.4 Å². The molecule has 2 rings (SSSR count). The minimum absolute atomic E-state index is 0.0123. The molecule has 0 atom stereocenters. The van der Waals surface area contributed by atoms with Gasteiger partial charge in [-0.2, -0.15) is 5.10 Å². The molecule has 0 spiro atoms. The van der Waals surface area contributed by atoms with Crippen molar-refractivity contribution in [3.63, 3.8) is 0 Å². The zero-order valence-corrected chi connectivity index (χ0v) is 13.3. The van der Waals surface area contributed by atoms with Crippen LogP contribution in [-0.4, -0.2) is 37.0 Å². The van der Waals surface area contributed by atoms with E-state index >= 15 is 0 Å². The number of nitrogens with zero attached hydrogens (tertiary/aromatic N) is 2. The van der Waals surface area contributed by atoms with Crippen molar-refractivity contribution in [1.82, 2.24) is 5.43 Å². The minimum atomic E-state index is 0.0123. The van der Waals surface area contributed by atoms with E-state index in [1.54, 1.807) is 6.21 Å². The molecule has 21 heavy (non-hydrogen) atoms. The quantitative estimate of drug-likeness (QED) is 0.453. The Morgan fingerprint density at radius 1 is 1.24 bits per heavy atom. The number of alkyl halides is 2. The first-order chi connectivity index (χ1) is 10.2. The molecule has 0 saturated heterocycles. The highest BCUT2D eigenvalue weighted by molar-refractivity contribution is 6.18. The number of hydrogen-bond donors (Lipinski definition) is 1. The summed E-state index contributed by atoms with van der Waals surface area (Å²) in [6.07, 6.45) is 3.61. The fraction of sp³-hybridized carbons (Fsp3) is 0.467. The van der Waals surface area contributed by atoms with Crippen molar-refractivity contribution in [3.8, 4) is 0 Å². The van der Waals surface area contributed by atoms with Gasteiger partial charge in [0, 0.05) is 36.5 Å². The van der Waals surface area contributed by atoms with Gasteiger partial charge in [-0.1, -0.05) is 12.1 Å². The van der Waals surface area contributed by atoms with Crippen LogP contribution in [0.5, 0.6) is 0 Å². The van der Waals surface area contributed by atoms with E-state index < -0.39 is 0 Å². The van der Waals surface area contributed by atoms with Crippen molar-refractivity contribution in [3.05, 3.63) is 29.8 Å². The molecule has 1 amide bonds. The first kappa shape index (κ1) is 16.1. The van der Waals surface area contributed by atoms with Crippen LogP contribution in [0.25, 0.3) is 0 Å². The van der Waals surface area contributed by atoms with E-state index in [4.69, 9.17) is 23.2 Å². The highest BCUT2D eigenvalue weighted by Crippen LogP contribution is 2.28. The molecule has 1 saturated carbocycles. The number of amides is 1. The summed E-state index contributed by atoms with van der Waals surface area (Å²) in [5.74, 6) is 1.31. The average molecular weight is 328 g/mol. The highest BCUT2D eigenvalue weighted by Gasteiger charge is 2.29. The molecule has 1 aliphatic carbocycles. The van der Waals surface area contributed by atoms with Crippen LogP contribution < -0.4 is 10.3 Å². The topological polar surface area (TPSA) is 44.7 Å². The van der Waals surface area contributed by atoms with Crippen molar-refractivity contribution < 1.29 is 4.79 Å². The summed E-state index contributed by atoms with van der Waals surface area (Å²) in [5.41, 5.74) is 4.57. The lowest BCUT2D eigenvalue weighted by Crippen LogP contribution is -2.27. The minimum Gasteiger partial charge on any atom is -0.369 e. The summed E-state index contributed by atoms with van der Waals surface area (Å²) in [5, 5.41) is 3.97. The Labute approximate surface area is 135 Å². The zero-order valence-electron chi connectivity index (χ0n) is 11.8. The van der Waals surface area contributed by atoms with Gasteiger partial charge in [0.05, 0.1) is 6.21 Å². The molecule has 1 aromatic carbocycles. The maximum absolute atomic E-state index is 11.4. The smallest absolute Gasteiger partial charge is 0.243 e. The van der Waals surface area contributed by atoms with E-state index in [9.17, 15) is 4.79 Å². The van der Waals surface area contributed by atoms with Crippen molar-refractivity contribution in [2.45, 2.75) is 12.8 Å². The first-order valence-electron chi connectivity index (χ1n) is 7.04. The normalized spacial score (nSPS) is 14.4. The standard InChI is InChI=1S/C15H19Cl2N3O/c16-7-9-20(10-8-17)14-5-1-12(2-6-14)11-18-19-15(21)13-3-4-13/h1-2,5-6,11,13H,3-4,7-10H2,(H,19,21). The summed E-state index contributed by atoms with van der Waals surface area (Å²) in [7, 11) is 0. The molecule has 0 bridgehead atoms. The molecular formula is C15H19Cl2N3O. The van der Waals surface area contributed by atoms with Gasteiger partial charge in [0.15, 0.2) is 0 Å². The Morgan fingerprint density at radius 3 is 2.38 bits per heavy atom. The molecule has 4 nitrogen and oxygen atoms in total. The predicted molar refractivity (Wildman–Crippen MR) is 88.6 cm³/mol. The van der Waals surface area contributed by atoms with Crippen LogP contribution in [-0.2, 0) is 4.79 Å². The second-order valence-corrected chi connectivity index (χ2v) is 5.72. The van der Waals surface area contributed by atoms with Gasteiger partial charge in [0.25, 0.3) is 0 Å². The largest absolute Gasteiger partial charge is 0.369 e. The number of anilines is 1. The number of benzene rings is 1. The lowest BCUT2D eigenvalue weighted by molar-refractivity contribution is -0.122. The van der Waals surface area contributed by atoms with Crippen LogP contribution >= 0.6 is 23.2 Å². The van der Waals surface area contributed by atoms with Crippen molar-refractivity contribution in [1.29, 1.82) is 0 Å². The fourth-order valence-electron chi connectivity index (χ4n) is 1.95. The van der Waals surface area contributed by atoms with Gasteiger partial charge in [-0.15, -0.1) is 23.2 Å². The number of carbonyl (C=O) groups excluding carboxylic acids is 1. The van der Waals surface area contributed by atoms with Gasteiger partial charge in [-0.25, -0.2) is 5.43 Å². The SMILES string of the molecule is O=C(NN=Cc1ccc(N(CCCl)CCCl)cc1)C1CC1. The summed E-state index contributed by atoms with van der Waals surface area (Å²) < 4.78 is 0. The van der Waals surface area contributed by atoms with E-state index in [-0.39, 0.29) is 11.8 Å². The molecule has 0 radical (unpaired) electrons. The molecule has 1 aliphatic rings. The molecule has 0 aromatic heterocycles. The molecule has 0 aliphatic heterocycles. The van der Waals surface area contributed by atoms with Crippen LogP contribution in [0.15, 0.2) is 29.4 Å². The lowest BCUT2D eigenvalue weighted by Gasteiger charge is -2.22. The molecular weight excluding hydrogens is 309 g/mol. The Kier molecular flexibility index (Phi) is 6.33. The van der Waals surface area contributed by atoms with Crippen molar-refractivity contribution in [2.24, 2.45) is 11.0 Å². The van der Waals surface area contributed by atoms with Gasteiger partial charge in [0.2, 0.25) is 5.91 Å². The van der Waals surface area contributed by atoms with Gasteiger partial charge in [-0.05, 0) is 30.5 Å². The summed E-state index contributed by atoms with van der Waals surface area (Å²) in [6, 6.07) is 7.92. The highest BCUT2D eigenvalue weighted by atomic mass is 35.5. The van der Waals surface area contributed by atoms with E-state index in [0.29, 0.717) is 11.8 Å². The fourth-order valence-corrected chi connectivity index (χ4v) is 2.36. The van der Waals surface area contributed by atoms with E-state index in [1.165, 1.54) is 0 Å². The molecule has 1 aromatic rings. The maximum Gasteiger partial charge on any atom is 0.243 e. The van der Waals surface area contributed by atoms with Crippen LogP contribution in [0.4, 0.5) is 5.69 Å². The van der Waals surface area contributed by atoms with Gasteiger partial charge in [-0.3, -0.25) is 4.79 Å². The maximum atomic E-state index is 11.4. The number of nitrogens with one attached hydrogen (secondary N) is 1. The van der Waals surface area contributed by atoms with Gasteiger partial charge in [0.1, 0.15) is 0 Å². The second kappa shape index (κ2) is 8.25. The van der Waals surface area contributed by atoms with Crippen molar-refractivity contribution >= 4 is 41.0 Å². The van der Waals surface area contributed by atoms with Gasteiger partial charge >= 0.3 is 0 Å². The third-order valence-electron chi connectivity index (χ3n) is 3.30. The predicted octanol–water partition coefficient (Wildman–Crippen LogP) is 2.83. The monoisotopic (exact) mass is 327 g/mol. The molecule has 0 unspecified atom stereocenters. The van der Waals surface area contributed by atoms with Gasteiger partial charge < -0.3 is 4.90 Å². The third-order valence-corrected chi connectivity index (χ3v) is 3.64. The number of halogens is 2. The lowest BCUT2D eigenvalue weighted by atomic mass is 10.2. The number of carbonyl (C=O) groups is 1. The third kappa shape index (κ3) is 5.21. The van der Waals surface area contributed by atoms with Crippen LogP contribution in [0.2, 0.25) is 0 Å². The Balaban J connectivity index is 1.90. The van der Waals surface area contributed by atoms with E-state index in [1.807, 2.05) is 24.3 Å². The average Bonchev–Trinajstić information content (AvgIpc) is 3.32. The Morgan fingerprint density at radius 2 is 1.86 bits per heavy atom. The number of hydrogen-bond acceptors (Lipinski definition) is 3. The molecule has 6 heteroatoms. The van der Waals surface area contributed by atoms with Crippen molar-refractivity contribution in [2.75, 3.05) is 29.7 Å². The first-order valence-corrected chi connectivity index (χ1v) is 8.11. The van der Waals surface area contributed by atoms with Crippen LogP contribution in [0.3, 0.4) is 0 Å².